The zero-order valence-corrected chi connectivity index (χ0v) is 7.98. The quantitative estimate of drug-likeness (QED) is 0.757. The Kier molecular flexibility index (Phi) is 2.22. The van der Waals surface area contributed by atoms with Crippen LogP contribution in [0.15, 0.2) is 30.7 Å². The van der Waals surface area contributed by atoms with Gasteiger partial charge in [-0.1, -0.05) is 0 Å². The van der Waals surface area contributed by atoms with Gasteiger partial charge in [0.1, 0.15) is 0 Å². The maximum Gasteiger partial charge on any atom is 0.274 e. The van der Waals surface area contributed by atoms with Crippen molar-refractivity contribution in [2.24, 2.45) is 0 Å². The molecule has 2 heterocycles. The zero-order valence-electron chi connectivity index (χ0n) is 7.98. The summed E-state index contributed by atoms with van der Waals surface area (Å²) in [6.07, 6.45) is 4.30. The number of aromatic nitrogens is 3. The predicted molar refractivity (Wildman–Crippen MR) is 49.8 cm³/mol. The summed E-state index contributed by atoms with van der Waals surface area (Å²) in [6, 6.07) is 5.49. The minimum atomic E-state index is -2.93. The smallest absolute Gasteiger partial charge is 0.237 e. The third kappa shape index (κ3) is 1.86. The lowest BCUT2D eigenvalue weighted by Gasteiger charge is -2.14. The first-order valence-corrected chi connectivity index (χ1v) is 4.33. The fourth-order valence-electron chi connectivity index (χ4n) is 1.27. The van der Waals surface area contributed by atoms with E-state index in [1.165, 1.54) is 35.4 Å². The normalized spacial score (nSPS) is 11.7. The monoisotopic (exact) mass is 208 g/mol. The third-order valence-corrected chi connectivity index (χ3v) is 1.93. The lowest BCUT2D eigenvalue weighted by Crippen LogP contribution is -2.13. The highest BCUT2D eigenvalue weighted by Gasteiger charge is 2.28. The Morgan fingerprint density at radius 3 is 2.87 bits per heavy atom. The van der Waals surface area contributed by atoms with E-state index in [1.807, 2.05) is 0 Å². The van der Waals surface area contributed by atoms with E-state index in [4.69, 9.17) is 0 Å². The van der Waals surface area contributed by atoms with Gasteiger partial charge in [0.15, 0.2) is 5.82 Å². The summed E-state index contributed by atoms with van der Waals surface area (Å²) in [5.74, 6) is -2.80. The Labute approximate surface area is 85.4 Å². The molecule has 0 fully saturated rings. The number of hydrogen-bond acceptors (Lipinski definition) is 2. The minimum absolute atomic E-state index is 0.131. The number of halogens is 2. The molecule has 0 aliphatic rings. The molecule has 3 nitrogen and oxygen atoms in total. The van der Waals surface area contributed by atoms with Crippen LogP contribution < -0.4 is 0 Å². The highest BCUT2D eigenvalue weighted by molar-refractivity contribution is 5.35. The molecular formula is C10H8F2N3. The summed E-state index contributed by atoms with van der Waals surface area (Å²) < 4.78 is 27.7. The van der Waals surface area contributed by atoms with Crippen molar-refractivity contribution in [2.75, 3.05) is 0 Å². The van der Waals surface area contributed by atoms with E-state index in [0.29, 0.717) is 0 Å². The van der Waals surface area contributed by atoms with E-state index in [2.05, 4.69) is 16.1 Å². The number of rotatable bonds is 2. The van der Waals surface area contributed by atoms with Gasteiger partial charge in [0.2, 0.25) is 0 Å². The van der Waals surface area contributed by atoms with E-state index in [-0.39, 0.29) is 11.4 Å². The standard InChI is InChI=1S/C10H8F2N3/c1-10(11,12)8-4-2-5-13-9(8)15-7-3-6-14-15/h2,4-7H,1H3. The van der Waals surface area contributed by atoms with Gasteiger partial charge in [-0.15, -0.1) is 0 Å². The topological polar surface area (TPSA) is 30.7 Å². The molecule has 0 amide bonds. The molecule has 2 aromatic rings. The van der Waals surface area contributed by atoms with Crippen molar-refractivity contribution in [1.82, 2.24) is 14.8 Å². The van der Waals surface area contributed by atoms with Crippen molar-refractivity contribution < 1.29 is 8.78 Å². The van der Waals surface area contributed by atoms with Crippen LogP contribution in [0.25, 0.3) is 5.82 Å². The molecule has 0 bridgehead atoms. The predicted octanol–water partition coefficient (Wildman–Crippen LogP) is 2.18. The van der Waals surface area contributed by atoms with Crippen LogP contribution in [0.4, 0.5) is 8.78 Å². The molecule has 0 unspecified atom stereocenters. The van der Waals surface area contributed by atoms with Gasteiger partial charge in [0, 0.05) is 25.4 Å². The molecule has 0 saturated carbocycles. The second-order valence-electron chi connectivity index (χ2n) is 3.15. The number of alkyl halides is 2. The molecule has 0 spiro atoms. The molecule has 15 heavy (non-hydrogen) atoms. The van der Waals surface area contributed by atoms with Crippen molar-refractivity contribution >= 4 is 0 Å². The number of nitrogens with zero attached hydrogens (tertiary/aromatic N) is 3. The summed E-state index contributed by atoms with van der Waals surface area (Å²) in [5.41, 5.74) is -0.151. The first-order chi connectivity index (χ1) is 7.09. The Morgan fingerprint density at radius 2 is 2.27 bits per heavy atom. The van der Waals surface area contributed by atoms with Crippen LogP contribution in [0.5, 0.6) is 0 Å². The van der Waals surface area contributed by atoms with Gasteiger partial charge in [-0.2, -0.15) is 5.10 Å². The van der Waals surface area contributed by atoms with Gasteiger partial charge in [0.25, 0.3) is 5.92 Å². The third-order valence-electron chi connectivity index (χ3n) is 1.93. The SMILES string of the molecule is CC(F)(F)c1cccnc1-n1c[c]cn1. The molecule has 5 heteroatoms. The van der Waals surface area contributed by atoms with Crippen LogP contribution in [0.3, 0.4) is 0 Å². The molecule has 0 aliphatic heterocycles. The molecule has 77 valence electrons. The summed E-state index contributed by atoms with van der Waals surface area (Å²) >= 11 is 0. The minimum Gasteiger partial charge on any atom is -0.237 e. The number of hydrogen-bond donors (Lipinski definition) is 0. The molecule has 0 atom stereocenters. The molecule has 2 rings (SSSR count). The second kappa shape index (κ2) is 3.42. The average molecular weight is 208 g/mol. The largest absolute Gasteiger partial charge is 0.274 e. The first kappa shape index (κ1) is 9.76. The van der Waals surface area contributed by atoms with Gasteiger partial charge in [-0.25, -0.2) is 18.4 Å². The highest BCUT2D eigenvalue weighted by atomic mass is 19.3. The van der Waals surface area contributed by atoms with E-state index >= 15 is 0 Å². The van der Waals surface area contributed by atoms with Crippen LogP contribution in [-0.4, -0.2) is 14.8 Å². The van der Waals surface area contributed by atoms with Crippen LogP contribution in [0.2, 0.25) is 0 Å². The molecule has 0 N–H and O–H groups in total. The van der Waals surface area contributed by atoms with E-state index < -0.39 is 5.92 Å². The molecule has 0 saturated heterocycles. The average Bonchev–Trinajstić information content (AvgIpc) is 2.69. The molecular weight excluding hydrogens is 200 g/mol. The number of pyridine rings is 1. The van der Waals surface area contributed by atoms with E-state index in [1.54, 1.807) is 0 Å². The summed E-state index contributed by atoms with van der Waals surface area (Å²) in [7, 11) is 0. The Bertz CT molecular complexity index is 446. The fourth-order valence-corrected chi connectivity index (χ4v) is 1.27. The fraction of sp³-hybridized carbons (Fsp3) is 0.200. The first-order valence-electron chi connectivity index (χ1n) is 4.33. The summed E-state index contributed by atoms with van der Waals surface area (Å²) in [6.45, 7) is 0.834. The van der Waals surface area contributed by atoms with Crippen LogP contribution in [-0.2, 0) is 5.92 Å². The van der Waals surface area contributed by atoms with E-state index in [9.17, 15) is 8.78 Å². The molecule has 0 aliphatic carbocycles. The van der Waals surface area contributed by atoms with Crippen molar-refractivity contribution in [3.63, 3.8) is 0 Å². The second-order valence-corrected chi connectivity index (χ2v) is 3.15. The van der Waals surface area contributed by atoms with Crippen LogP contribution >= 0.6 is 0 Å². The van der Waals surface area contributed by atoms with Crippen molar-refractivity contribution in [3.8, 4) is 5.82 Å². The Morgan fingerprint density at radius 1 is 1.47 bits per heavy atom. The van der Waals surface area contributed by atoms with Crippen LogP contribution in [0, 0.1) is 6.07 Å². The molecule has 1 radical (unpaired) electrons. The maximum atomic E-state index is 13.2. The summed E-state index contributed by atoms with van der Waals surface area (Å²) in [5, 5.41) is 3.83. The highest BCUT2D eigenvalue weighted by Crippen LogP contribution is 2.30. The zero-order chi connectivity index (χ0) is 10.9. The Balaban J connectivity index is 2.58. The van der Waals surface area contributed by atoms with Crippen molar-refractivity contribution in [3.05, 3.63) is 42.4 Å². The van der Waals surface area contributed by atoms with Gasteiger partial charge in [0.05, 0.1) is 11.8 Å². The van der Waals surface area contributed by atoms with Gasteiger partial charge >= 0.3 is 0 Å². The maximum absolute atomic E-state index is 13.2. The van der Waals surface area contributed by atoms with Gasteiger partial charge in [-0.05, 0) is 12.1 Å². The van der Waals surface area contributed by atoms with Crippen molar-refractivity contribution in [1.29, 1.82) is 0 Å². The molecule has 2 aromatic heterocycles. The Hall–Kier alpha value is -1.78. The van der Waals surface area contributed by atoms with Gasteiger partial charge in [-0.3, -0.25) is 0 Å². The van der Waals surface area contributed by atoms with E-state index in [0.717, 1.165) is 6.92 Å². The van der Waals surface area contributed by atoms with Crippen molar-refractivity contribution in [2.45, 2.75) is 12.8 Å². The lowest BCUT2D eigenvalue weighted by atomic mass is 10.1. The van der Waals surface area contributed by atoms with Gasteiger partial charge < -0.3 is 0 Å². The lowest BCUT2D eigenvalue weighted by molar-refractivity contribution is 0.0170. The summed E-state index contributed by atoms with van der Waals surface area (Å²) in [4.78, 5) is 3.89. The van der Waals surface area contributed by atoms with Crippen LogP contribution in [0.1, 0.15) is 12.5 Å². The molecule has 0 aromatic carbocycles.